The van der Waals surface area contributed by atoms with Gasteiger partial charge in [-0.1, -0.05) is 12.1 Å². The summed E-state index contributed by atoms with van der Waals surface area (Å²) in [6.07, 6.45) is 9.22. The van der Waals surface area contributed by atoms with Crippen LogP contribution in [0, 0.1) is 0 Å². The highest BCUT2D eigenvalue weighted by Gasteiger charge is 2.17. The average Bonchev–Trinajstić information content (AvgIpc) is 3.26. The van der Waals surface area contributed by atoms with Crippen molar-refractivity contribution < 1.29 is 9.53 Å². The number of rotatable bonds is 6. The average molecular weight is 313 g/mol. The molecule has 2 heterocycles. The Hall–Kier alpha value is -2.14. The van der Waals surface area contributed by atoms with Crippen molar-refractivity contribution in [2.45, 2.75) is 44.8 Å². The molecule has 0 radical (unpaired) electrons. The predicted octanol–water partition coefficient (Wildman–Crippen LogP) is 3.01. The number of amides is 1. The Morgan fingerprint density at radius 2 is 2.43 bits per heavy atom. The predicted molar refractivity (Wildman–Crippen MR) is 88.3 cm³/mol. The summed E-state index contributed by atoms with van der Waals surface area (Å²) in [7, 11) is 0. The standard InChI is InChI=1S/C18H23N3O2/c1-14(20-18(22)8-7-17-6-3-11-23-17)15-4-2-5-16(12-15)21-10-9-19-13-21/h2,4-5,9-10,12-14,17H,3,6-8,11H2,1H3,(H,20,22)/t14-,17+/m1/s1. The van der Waals surface area contributed by atoms with Gasteiger partial charge in [0.2, 0.25) is 5.91 Å². The third kappa shape index (κ3) is 4.20. The van der Waals surface area contributed by atoms with E-state index >= 15 is 0 Å². The van der Waals surface area contributed by atoms with Crippen molar-refractivity contribution in [1.82, 2.24) is 14.9 Å². The number of carbonyl (C=O) groups excluding carboxylic acids is 1. The van der Waals surface area contributed by atoms with E-state index in [2.05, 4.69) is 16.4 Å². The van der Waals surface area contributed by atoms with E-state index in [1.54, 1.807) is 12.5 Å². The van der Waals surface area contributed by atoms with Gasteiger partial charge in [-0.05, 0) is 43.9 Å². The lowest BCUT2D eigenvalue weighted by Crippen LogP contribution is -2.27. The highest BCUT2D eigenvalue weighted by Crippen LogP contribution is 2.19. The van der Waals surface area contributed by atoms with Crippen molar-refractivity contribution >= 4 is 5.91 Å². The molecule has 1 amide bonds. The van der Waals surface area contributed by atoms with Gasteiger partial charge < -0.3 is 14.6 Å². The van der Waals surface area contributed by atoms with Crippen molar-refractivity contribution in [3.8, 4) is 5.69 Å². The summed E-state index contributed by atoms with van der Waals surface area (Å²) in [5.74, 6) is 0.0843. The Balaban J connectivity index is 1.56. The Bertz CT molecular complexity index is 633. The highest BCUT2D eigenvalue weighted by molar-refractivity contribution is 5.76. The van der Waals surface area contributed by atoms with Crippen LogP contribution in [0.3, 0.4) is 0 Å². The molecular formula is C18H23N3O2. The van der Waals surface area contributed by atoms with Crippen molar-refractivity contribution in [2.24, 2.45) is 0 Å². The Kier molecular flexibility index (Phi) is 5.08. The number of ether oxygens (including phenoxy) is 1. The maximum atomic E-state index is 12.1. The molecule has 0 saturated carbocycles. The first-order valence-electron chi connectivity index (χ1n) is 8.21. The molecule has 1 saturated heterocycles. The molecule has 122 valence electrons. The first kappa shape index (κ1) is 15.7. The van der Waals surface area contributed by atoms with Crippen molar-refractivity contribution in [2.75, 3.05) is 6.61 Å². The minimum absolute atomic E-state index is 0.0181. The van der Waals surface area contributed by atoms with Gasteiger partial charge in [-0.15, -0.1) is 0 Å². The van der Waals surface area contributed by atoms with Crippen LogP contribution in [0.25, 0.3) is 5.69 Å². The van der Waals surface area contributed by atoms with Gasteiger partial charge in [-0.3, -0.25) is 4.79 Å². The van der Waals surface area contributed by atoms with Gasteiger partial charge in [0.05, 0.1) is 18.5 Å². The molecule has 3 rings (SSSR count). The SMILES string of the molecule is C[C@@H](NC(=O)CC[C@@H]1CCCO1)c1cccc(-n2ccnc2)c1. The van der Waals surface area contributed by atoms with Gasteiger partial charge in [0.25, 0.3) is 0 Å². The number of nitrogens with one attached hydrogen (secondary N) is 1. The van der Waals surface area contributed by atoms with Crippen molar-refractivity contribution in [1.29, 1.82) is 0 Å². The van der Waals surface area contributed by atoms with E-state index < -0.39 is 0 Å². The van der Waals surface area contributed by atoms with Crippen LogP contribution in [0.5, 0.6) is 0 Å². The van der Waals surface area contributed by atoms with Gasteiger partial charge in [0.15, 0.2) is 0 Å². The van der Waals surface area contributed by atoms with Gasteiger partial charge >= 0.3 is 0 Å². The third-order valence-corrected chi connectivity index (χ3v) is 4.27. The van der Waals surface area contributed by atoms with Crippen LogP contribution in [-0.2, 0) is 9.53 Å². The number of hydrogen-bond donors (Lipinski definition) is 1. The molecule has 0 unspecified atom stereocenters. The molecule has 23 heavy (non-hydrogen) atoms. The van der Waals surface area contributed by atoms with E-state index in [9.17, 15) is 4.79 Å². The van der Waals surface area contributed by atoms with Gasteiger partial charge in [0, 0.05) is 31.1 Å². The number of imidazole rings is 1. The number of hydrogen-bond acceptors (Lipinski definition) is 3. The molecule has 1 aromatic carbocycles. The molecule has 1 aromatic heterocycles. The zero-order valence-electron chi connectivity index (χ0n) is 13.4. The minimum Gasteiger partial charge on any atom is -0.378 e. The molecule has 2 atom stereocenters. The van der Waals surface area contributed by atoms with E-state index in [4.69, 9.17) is 4.74 Å². The maximum Gasteiger partial charge on any atom is 0.220 e. The fourth-order valence-corrected chi connectivity index (χ4v) is 2.93. The number of aromatic nitrogens is 2. The number of carbonyl (C=O) groups is 1. The second kappa shape index (κ2) is 7.42. The lowest BCUT2D eigenvalue weighted by Gasteiger charge is -2.16. The van der Waals surface area contributed by atoms with E-state index in [1.165, 1.54) is 0 Å². The molecule has 0 aliphatic carbocycles. The molecule has 1 N–H and O–H groups in total. The quantitative estimate of drug-likeness (QED) is 0.892. The van der Waals surface area contributed by atoms with Crippen LogP contribution >= 0.6 is 0 Å². The Labute approximate surface area is 136 Å². The molecule has 1 aliphatic heterocycles. The van der Waals surface area contributed by atoms with Crippen molar-refractivity contribution in [3.63, 3.8) is 0 Å². The molecule has 1 aliphatic rings. The zero-order valence-corrected chi connectivity index (χ0v) is 13.4. The largest absolute Gasteiger partial charge is 0.378 e. The summed E-state index contributed by atoms with van der Waals surface area (Å²) in [6, 6.07) is 8.12. The summed E-state index contributed by atoms with van der Waals surface area (Å²) in [4.78, 5) is 16.2. The summed E-state index contributed by atoms with van der Waals surface area (Å²) in [5.41, 5.74) is 2.13. The van der Waals surface area contributed by atoms with Crippen LogP contribution in [0.4, 0.5) is 0 Å². The molecule has 5 nitrogen and oxygen atoms in total. The third-order valence-electron chi connectivity index (χ3n) is 4.27. The molecule has 0 bridgehead atoms. The van der Waals surface area contributed by atoms with Crippen LogP contribution in [0.2, 0.25) is 0 Å². The summed E-state index contributed by atoms with van der Waals surface area (Å²) in [6.45, 7) is 2.85. The van der Waals surface area contributed by atoms with Gasteiger partial charge in [-0.2, -0.15) is 0 Å². The second-order valence-corrected chi connectivity index (χ2v) is 6.03. The van der Waals surface area contributed by atoms with Crippen LogP contribution in [0.15, 0.2) is 43.0 Å². The highest BCUT2D eigenvalue weighted by atomic mass is 16.5. The van der Waals surface area contributed by atoms with Gasteiger partial charge in [-0.25, -0.2) is 4.98 Å². The van der Waals surface area contributed by atoms with E-state index in [0.717, 1.165) is 37.1 Å². The minimum atomic E-state index is -0.0181. The van der Waals surface area contributed by atoms with E-state index in [1.807, 2.05) is 35.9 Å². The van der Waals surface area contributed by atoms with Gasteiger partial charge in [0.1, 0.15) is 0 Å². The lowest BCUT2D eigenvalue weighted by atomic mass is 10.1. The smallest absolute Gasteiger partial charge is 0.220 e. The first-order valence-corrected chi connectivity index (χ1v) is 8.21. The van der Waals surface area contributed by atoms with Crippen LogP contribution in [-0.4, -0.2) is 28.2 Å². The first-order chi connectivity index (χ1) is 11.2. The molecule has 2 aromatic rings. The summed E-state index contributed by atoms with van der Waals surface area (Å²) >= 11 is 0. The number of benzene rings is 1. The van der Waals surface area contributed by atoms with Crippen LogP contribution < -0.4 is 5.32 Å². The summed E-state index contributed by atoms with van der Waals surface area (Å²) in [5, 5.41) is 3.07. The number of nitrogens with zero attached hydrogens (tertiary/aromatic N) is 2. The molecule has 0 spiro atoms. The molecule has 1 fully saturated rings. The van der Waals surface area contributed by atoms with Crippen LogP contribution in [0.1, 0.15) is 44.2 Å². The summed E-state index contributed by atoms with van der Waals surface area (Å²) < 4.78 is 7.52. The normalized spacial score (nSPS) is 18.7. The molecular weight excluding hydrogens is 290 g/mol. The topological polar surface area (TPSA) is 56.1 Å². The Morgan fingerprint density at radius 1 is 1.52 bits per heavy atom. The second-order valence-electron chi connectivity index (χ2n) is 6.03. The zero-order chi connectivity index (χ0) is 16.1. The lowest BCUT2D eigenvalue weighted by molar-refractivity contribution is -0.122. The van der Waals surface area contributed by atoms with E-state index in [-0.39, 0.29) is 18.1 Å². The van der Waals surface area contributed by atoms with Crippen molar-refractivity contribution in [3.05, 3.63) is 48.5 Å². The fraction of sp³-hybridized carbons (Fsp3) is 0.444. The fourth-order valence-electron chi connectivity index (χ4n) is 2.93. The Morgan fingerprint density at radius 3 is 3.17 bits per heavy atom. The molecule has 5 heteroatoms. The van der Waals surface area contributed by atoms with E-state index in [0.29, 0.717) is 6.42 Å². The monoisotopic (exact) mass is 313 g/mol. The maximum absolute atomic E-state index is 12.1.